The van der Waals surface area contributed by atoms with Gasteiger partial charge in [0, 0.05) is 13.8 Å². The zero-order chi connectivity index (χ0) is 29.6. The molecule has 0 aliphatic carbocycles. The number of amides is 1. The van der Waals surface area contributed by atoms with Crippen molar-refractivity contribution in [1.82, 2.24) is 4.90 Å². The first-order chi connectivity index (χ1) is 19.7. The van der Waals surface area contributed by atoms with Crippen LogP contribution in [0.2, 0.25) is 0 Å². The Morgan fingerprint density at radius 1 is 0.854 bits per heavy atom. The summed E-state index contributed by atoms with van der Waals surface area (Å²) in [5.41, 5.74) is -0.0212. The Hall–Kier alpha value is -3.98. The van der Waals surface area contributed by atoms with Gasteiger partial charge in [-0.2, -0.15) is 0 Å². The number of benzene rings is 3. The number of carbonyl (C=O) groups excluding carboxylic acids is 5. The van der Waals surface area contributed by atoms with Crippen LogP contribution in [0.1, 0.15) is 20.3 Å². The second-order valence-corrected chi connectivity index (χ2v) is 13.6. The number of nitrogens with zero attached hydrogens (tertiary/aromatic N) is 1. The molecule has 0 saturated carbocycles. The third-order valence-electron chi connectivity index (χ3n) is 6.38. The largest absolute Gasteiger partial charge is 0.428 e. The molecule has 2 atom stereocenters. The number of rotatable bonds is 10. The number of aliphatic hydroxyl groups excluding tert-OH is 1. The minimum Gasteiger partial charge on any atom is -0.428 e. The fourth-order valence-corrected chi connectivity index (χ4v) is 10.1. The van der Waals surface area contributed by atoms with E-state index in [-0.39, 0.29) is 11.8 Å². The van der Waals surface area contributed by atoms with E-state index >= 15 is 0 Å². The van der Waals surface area contributed by atoms with Crippen LogP contribution in [-0.2, 0) is 33.4 Å². The normalized spacial score (nSPS) is 15.3. The number of hydrogen-bond donors (Lipinski definition) is 1. The van der Waals surface area contributed by atoms with Gasteiger partial charge in [0.15, 0.2) is 11.9 Å². The van der Waals surface area contributed by atoms with Gasteiger partial charge in [-0.05, 0) is 22.8 Å². The van der Waals surface area contributed by atoms with Crippen molar-refractivity contribution in [3.8, 4) is 0 Å². The van der Waals surface area contributed by atoms with Crippen LogP contribution < -0.4 is 15.9 Å². The molecule has 41 heavy (non-hydrogen) atoms. The zero-order valence-electron chi connectivity index (χ0n) is 22.3. The highest BCUT2D eigenvalue weighted by Crippen LogP contribution is 2.49. The maximum absolute atomic E-state index is 14.1. The van der Waals surface area contributed by atoms with Crippen molar-refractivity contribution in [2.75, 3.05) is 6.79 Å². The van der Waals surface area contributed by atoms with Crippen LogP contribution in [0.5, 0.6) is 0 Å². The predicted octanol–water partition coefficient (Wildman–Crippen LogP) is 1.94. The summed E-state index contributed by atoms with van der Waals surface area (Å²) in [6, 6.07) is 27.7. The van der Waals surface area contributed by atoms with Gasteiger partial charge in [-0.15, -0.1) is 0 Å². The van der Waals surface area contributed by atoms with Crippen molar-refractivity contribution in [3.05, 3.63) is 91.0 Å². The molecule has 1 amide bonds. The molecule has 0 bridgehead atoms. The van der Waals surface area contributed by atoms with Crippen molar-refractivity contribution in [2.24, 2.45) is 0 Å². The lowest BCUT2D eigenvalue weighted by Crippen LogP contribution is -2.59. The first kappa shape index (κ1) is 30.0. The van der Waals surface area contributed by atoms with Crippen molar-refractivity contribution in [3.63, 3.8) is 0 Å². The number of ether oxygens (including phenoxy) is 2. The highest BCUT2D eigenvalue weighted by Gasteiger charge is 2.48. The molecule has 3 aromatic carbocycles. The van der Waals surface area contributed by atoms with Gasteiger partial charge in [-0.3, -0.25) is 24.1 Å². The van der Waals surface area contributed by atoms with E-state index in [0.29, 0.717) is 11.8 Å². The van der Waals surface area contributed by atoms with Crippen LogP contribution in [0.4, 0.5) is 0 Å². The number of likely N-dealkylation sites (tertiary alicyclic amines) is 1. The second kappa shape index (κ2) is 13.1. The molecule has 1 N–H and O–H groups in total. The molecule has 3 aromatic rings. The van der Waals surface area contributed by atoms with Crippen LogP contribution in [-0.4, -0.2) is 62.4 Å². The van der Waals surface area contributed by atoms with Gasteiger partial charge in [-0.25, -0.2) is 4.79 Å². The highest BCUT2D eigenvalue weighted by atomic mass is 32.2. The predicted molar refractivity (Wildman–Crippen MR) is 157 cm³/mol. The summed E-state index contributed by atoms with van der Waals surface area (Å²) in [6.07, 6.45) is -1.98. The van der Waals surface area contributed by atoms with Crippen molar-refractivity contribution in [2.45, 2.75) is 31.7 Å². The van der Waals surface area contributed by atoms with Crippen LogP contribution in [0, 0.1) is 0 Å². The van der Waals surface area contributed by atoms with E-state index in [9.17, 15) is 29.1 Å². The Morgan fingerprint density at radius 3 is 1.71 bits per heavy atom. The van der Waals surface area contributed by atoms with Crippen molar-refractivity contribution >= 4 is 68.7 Å². The molecule has 1 saturated heterocycles. The minimum absolute atomic E-state index is 0.0212. The number of ketones is 1. The number of esters is 2. The van der Waals surface area contributed by atoms with Crippen molar-refractivity contribution in [1.29, 1.82) is 0 Å². The molecule has 11 heteroatoms. The number of aliphatic hydroxyl groups is 1. The number of β-lactam (4-membered cyclic amide) rings is 1. The molecule has 1 fully saturated rings. The van der Waals surface area contributed by atoms with Gasteiger partial charge >= 0.3 is 11.9 Å². The Labute approximate surface area is 241 Å². The van der Waals surface area contributed by atoms with Gasteiger partial charge in [0.1, 0.15) is 5.42 Å². The summed E-state index contributed by atoms with van der Waals surface area (Å²) in [5, 5.41) is 10.5. The van der Waals surface area contributed by atoms with E-state index in [1.807, 2.05) is 91.0 Å². The van der Waals surface area contributed by atoms with E-state index in [1.165, 1.54) is 11.8 Å². The second-order valence-electron chi connectivity index (χ2n) is 9.06. The molecule has 1 heterocycles. The summed E-state index contributed by atoms with van der Waals surface area (Å²) in [4.78, 5) is 64.5. The standard InChI is InChI=1S/C30H28NO8PS/c1-20(32)27(35)30(37)41-26-18-25(34)31(26)28(29(36)39-19-38-21(2)33)40(22-12-6-3-7-13-22,23-14-8-4-9-15-23)24-16-10-5-11-17-24/h3-17,26-27,35H,18-19H2,1-2H3/t26-,27?/m0/s1. The molecular formula is C30H28NO8PS. The Kier molecular flexibility index (Phi) is 9.60. The third-order valence-corrected chi connectivity index (χ3v) is 11.7. The average Bonchev–Trinajstić information content (AvgIpc) is 2.97. The molecule has 0 radical (unpaired) electrons. The molecule has 0 aromatic heterocycles. The SMILES string of the molecule is CC(=O)OCOC(=O)C(N1C(=O)C[C@@H]1SC(=O)C(O)C(C)=O)=P(c1ccccc1)(c1ccccc1)c1ccccc1. The molecular weight excluding hydrogens is 565 g/mol. The summed E-state index contributed by atoms with van der Waals surface area (Å²) >= 11 is 0.610. The van der Waals surface area contributed by atoms with Crippen LogP contribution >= 0.6 is 18.6 Å². The van der Waals surface area contributed by atoms with Crippen LogP contribution in [0.15, 0.2) is 91.0 Å². The first-order valence-electron chi connectivity index (χ1n) is 12.6. The number of Topliss-reactive ketones (excluding diaryl/α,β-unsaturated/α-hetero) is 1. The molecule has 0 spiro atoms. The summed E-state index contributed by atoms with van der Waals surface area (Å²) < 4.78 is 10.3. The molecule has 1 unspecified atom stereocenters. The Morgan fingerprint density at radius 2 is 1.32 bits per heavy atom. The maximum Gasteiger partial charge on any atom is 0.358 e. The van der Waals surface area contributed by atoms with Crippen LogP contribution in [0.3, 0.4) is 0 Å². The van der Waals surface area contributed by atoms with Gasteiger partial charge in [0.25, 0.3) is 0 Å². The number of thioether (sulfide) groups is 1. The minimum atomic E-state index is -3.21. The van der Waals surface area contributed by atoms with Gasteiger partial charge < -0.3 is 14.6 Å². The van der Waals surface area contributed by atoms with E-state index in [4.69, 9.17) is 9.47 Å². The van der Waals surface area contributed by atoms with Crippen LogP contribution in [0.25, 0.3) is 0 Å². The van der Waals surface area contributed by atoms with Crippen molar-refractivity contribution < 1.29 is 38.6 Å². The molecule has 9 nitrogen and oxygen atoms in total. The van der Waals surface area contributed by atoms with E-state index in [2.05, 4.69) is 0 Å². The molecule has 1 aliphatic heterocycles. The lowest BCUT2D eigenvalue weighted by molar-refractivity contribution is -0.162. The molecule has 212 valence electrons. The highest BCUT2D eigenvalue weighted by molar-refractivity contribution is 8.14. The maximum atomic E-state index is 14.1. The average molecular weight is 594 g/mol. The Bertz CT molecular complexity index is 1410. The fourth-order valence-electron chi connectivity index (χ4n) is 4.50. The zero-order valence-corrected chi connectivity index (χ0v) is 24.0. The third kappa shape index (κ3) is 6.20. The summed E-state index contributed by atoms with van der Waals surface area (Å²) in [5.74, 6) is -2.75. The van der Waals surface area contributed by atoms with Gasteiger partial charge in [0.05, 0.1) is 11.8 Å². The topological polar surface area (TPSA) is 127 Å². The number of hydrogen-bond acceptors (Lipinski definition) is 9. The lowest BCUT2D eigenvalue weighted by Gasteiger charge is -2.44. The first-order valence-corrected chi connectivity index (χ1v) is 15.3. The van der Waals surface area contributed by atoms with E-state index in [0.717, 1.165) is 22.8 Å². The van der Waals surface area contributed by atoms with Gasteiger partial charge in [-0.1, -0.05) is 103 Å². The molecule has 4 rings (SSSR count). The van der Waals surface area contributed by atoms with Gasteiger partial charge in [0.2, 0.25) is 17.8 Å². The molecule has 1 aliphatic rings. The summed E-state index contributed by atoms with van der Waals surface area (Å²) in [7, 11) is 0. The Balaban J connectivity index is 2.07. The smallest absolute Gasteiger partial charge is 0.358 e. The monoisotopic (exact) mass is 593 g/mol. The fraction of sp³-hybridized carbons (Fsp3) is 0.200. The lowest BCUT2D eigenvalue weighted by atomic mass is 10.2. The van der Waals surface area contributed by atoms with E-state index in [1.54, 1.807) is 0 Å². The number of carbonyl (C=O) groups is 5. The quantitative estimate of drug-likeness (QED) is 0.123. The van der Waals surface area contributed by atoms with E-state index < -0.39 is 53.9 Å². The summed E-state index contributed by atoms with van der Waals surface area (Å²) in [6.45, 7) is -1.63.